The fraction of sp³-hybridized carbons (Fsp3) is 0.316. The Kier molecular flexibility index (Phi) is 6.57. The number of carbonyl (C=O) groups excluding carboxylic acids is 2. The van der Waals surface area contributed by atoms with Crippen LogP contribution in [0.2, 0.25) is 0 Å². The highest BCUT2D eigenvalue weighted by molar-refractivity contribution is 7.89. The number of nitrogens with one attached hydrogen (secondary N) is 2. The standard InChI is InChI=1S/C19H22N4O5S/c1-14-4-5-16(29(26,27)23-7-9-28-10-8-23)11-17(14)19(25)21-13-18(24)22-15-3-2-6-20-12-15/h2-6,11-12H,7-10,13H2,1H3,(H,21,25)(H,22,24). The Morgan fingerprint density at radius 1 is 1.21 bits per heavy atom. The van der Waals surface area contributed by atoms with Crippen LogP contribution in [0.4, 0.5) is 5.69 Å². The van der Waals surface area contributed by atoms with E-state index in [-0.39, 0.29) is 30.1 Å². The second kappa shape index (κ2) is 9.12. The van der Waals surface area contributed by atoms with E-state index in [0.717, 1.165) is 0 Å². The number of hydrogen-bond acceptors (Lipinski definition) is 6. The Bertz CT molecular complexity index is 989. The van der Waals surface area contributed by atoms with Gasteiger partial charge in [0, 0.05) is 24.8 Å². The molecule has 0 aliphatic carbocycles. The first-order valence-electron chi connectivity index (χ1n) is 9.04. The maximum Gasteiger partial charge on any atom is 0.252 e. The highest BCUT2D eigenvalue weighted by atomic mass is 32.2. The summed E-state index contributed by atoms with van der Waals surface area (Å²) in [4.78, 5) is 28.5. The van der Waals surface area contributed by atoms with Gasteiger partial charge in [-0.25, -0.2) is 8.42 Å². The third-order valence-electron chi connectivity index (χ3n) is 4.42. The molecule has 1 saturated heterocycles. The zero-order valence-electron chi connectivity index (χ0n) is 15.9. The van der Waals surface area contributed by atoms with E-state index in [1.54, 1.807) is 31.3 Å². The fourth-order valence-corrected chi connectivity index (χ4v) is 4.27. The molecule has 2 N–H and O–H groups in total. The van der Waals surface area contributed by atoms with E-state index in [2.05, 4.69) is 15.6 Å². The topological polar surface area (TPSA) is 118 Å². The van der Waals surface area contributed by atoms with Gasteiger partial charge >= 0.3 is 0 Å². The molecule has 0 radical (unpaired) electrons. The molecule has 2 amide bonds. The summed E-state index contributed by atoms with van der Waals surface area (Å²) in [7, 11) is -3.72. The minimum absolute atomic E-state index is 0.0370. The first-order chi connectivity index (χ1) is 13.9. The van der Waals surface area contributed by atoms with Crippen LogP contribution in [0.25, 0.3) is 0 Å². The smallest absolute Gasteiger partial charge is 0.252 e. The molecule has 0 saturated carbocycles. The van der Waals surface area contributed by atoms with Crippen molar-refractivity contribution in [3.05, 3.63) is 53.9 Å². The fourth-order valence-electron chi connectivity index (χ4n) is 2.84. The lowest BCUT2D eigenvalue weighted by Gasteiger charge is -2.26. The average molecular weight is 418 g/mol. The summed E-state index contributed by atoms with van der Waals surface area (Å²) in [5.74, 6) is -0.941. The van der Waals surface area contributed by atoms with Crippen LogP contribution in [0.1, 0.15) is 15.9 Å². The van der Waals surface area contributed by atoms with Gasteiger partial charge in [0.1, 0.15) is 0 Å². The summed E-state index contributed by atoms with van der Waals surface area (Å²) in [6.07, 6.45) is 3.07. The average Bonchev–Trinajstić information content (AvgIpc) is 2.73. The number of nitrogens with zero attached hydrogens (tertiary/aromatic N) is 2. The molecule has 10 heteroatoms. The Labute approximate surface area is 169 Å². The van der Waals surface area contributed by atoms with Gasteiger partial charge in [0.2, 0.25) is 15.9 Å². The van der Waals surface area contributed by atoms with Crippen molar-refractivity contribution >= 4 is 27.5 Å². The number of anilines is 1. The van der Waals surface area contributed by atoms with Crippen molar-refractivity contribution in [3.8, 4) is 0 Å². The molecule has 0 spiro atoms. The van der Waals surface area contributed by atoms with Crippen LogP contribution in [0.3, 0.4) is 0 Å². The molecule has 1 fully saturated rings. The van der Waals surface area contributed by atoms with E-state index in [1.165, 1.54) is 22.6 Å². The molecule has 1 aliphatic heterocycles. The summed E-state index contributed by atoms with van der Waals surface area (Å²) in [6.45, 7) is 2.66. The van der Waals surface area contributed by atoms with Crippen LogP contribution in [-0.4, -0.2) is 62.4 Å². The van der Waals surface area contributed by atoms with E-state index in [4.69, 9.17) is 4.74 Å². The van der Waals surface area contributed by atoms with E-state index >= 15 is 0 Å². The molecule has 9 nitrogen and oxygen atoms in total. The van der Waals surface area contributed by atoms with Crippen molar-refractivity contribution in [2.45, 2.75) is 11.8 Å². The van der Waals surface area contributed by atoms with Crippen molar-refractivity contribution in [3.63, 3.8) is 0 Å². The summed E-state index contributed by atoms with van der Waals surface area (Å²) >= 11 is 0. The molecule has 1 aliphatic rings. The van der Waals surface area contributed by atoms with Gasteiger partial charge in [-0.1, -0.05) is 6.07 Å². The summed E-state index contributed by atoms with van der Waals surface area (Å²) < 4.78 is 32.2. The number of amides is 2. The highest BCUT2D eigenvalue weighted by Crippen LogP contribution is 2.20. The molecule has 1 aromatic heterocycles. The molecular formula is C19H22N4O5S. The van der Waals surface area contributed by atoms with Gasteiger partial charge in [-0.2, -0.15) is 4.31 Å². The lowest BCUT2D eigenvalue weighted by Crippen LogP contribution is -2.40. The molecule has 29 heavy (non-hydrogen) atoms. The minimum Gasteiger partial charge on any atom is -0.379 e. The van der Waals surface area contributed by atoms with E-state index in [9.17, 15) is 18.0 Å². The van der Waals surface area contributed by atoms with Gasteiger partial charge in [-0.05, 0) is 36.8 Å². The Morgan fingerprint density at radius 2 is 1.97 bits per heavy atom. The van der Waals surface area contributed by atoms with E-state index in [0.29, 0.717) is 24.5 Å². The molecule has 2 heterocycles. The summed E-state index contributed by atoms with van der Waals surface area (Å²) in [6, 6.07) is 7.76. The number of benzene rings is 1. The lowest BCUT2D eigenvalue weighted by atomic mass is 10.1. The van der Waals surface area contributed by atoms with Crippen LogP contribution in [0.15, 0.2) is 47.6 Å². The number of carbonyl (C=O) groups is 2. The predicted octanol–water partition coefficient (Wildman–Crippen LogP) is 0.779. The first kappa shape index (κ1) is 20.9. The highest BCUT2D eigenvalue weighted by Gasteiger charge is 2.27. The van der Waals surface area contributed by atoms with Crippen molar-refractivity contribution in [2.24, 2.45) is 0 Å². The molecule has 1 aromatic carbocycles. The van der Waals surface area contributed by atoms with Gasteiger partial charge in [0.05, 0.1) is 36.5 Å². The SMILES string of the molecule is Cc1ccc(S(=O)(=O)N2CCOCC2)cc1C(=O)NCC(=O)Nc1cccnc1. The van der Waals surface area contributed by atoms with Crippen LogP contribution in [0.5, 0.6) is 0 Å². The Balaban J connectivity index is 1.68. The number of pyridine rings is 1. The van der Waals surface area contributed by atoms with Crippen molar-refractivity contribution in [1.82, 2.24) is 14.6 Å². The van der Waals surface area contributed by atoms with Crippen molar-refractivity contribution in [1.29, 1.82) is 0 Å². The summed E-state index contributed by atoms with van der Waals surface area (Å²) in [5.41, 5.74) is 1.33. The quantitative estimate of drug-likeness (QED) is 0.716. The normalized spacial score (nSPS) is 14.9. The number of morpholine rings is 1. The number of ether oxygens (including phenoxy) is 1. The Hall–Kier alpha value is -2.82. The summed E-state index contributed by atoms with van der Waals surface area (Å²) in [5, 5.41) is 5.13. The van der Waals surface area contributed by atoms with Crippen LogP contribution < -0.4 is 10.6 Å². The van der Waals surface area contributed by atoms with E-state index < -0.39 is 21.8 Å². The first-order valence-corrected chi connectivity index (χ1v) is 10.5. The minimum atomic E-state index is -3.72. The molecule has 0 bridgehead atoms. The number of hydrogen-bond donors (Lipinski definition) is 2. The number of aromatic nitrogens is 1. The second-order valence-electron chi connectivity index (χ2n) is 6.47. The van der Waals surface area contributed by atoms with Gasteiger partial charge in [-0.15, -0.1) is 0 Å². The third kappa shape index (κ3) is 5.17. The molecule has 2 aromatic rings. The second-order valence-corrected chi connectivity index (χ2v) is 8.40. The monoisotopic (exact) mass is 418 g/mol. The molecular weight excluding hydrogens is 396 g/mol. The number of sulfonamides is 1. The number of aryl methyl sites for hydroxylation is 1. The maximum absolute atomic E-state index is 12.8. The van der Waals surface area contributed by atoms with Crippen LogP contribution in [-0.2, 0) is 19.6 Å². The number of rotatable bonds is 6. The molecule has 3 rings (SSSR count). The van der Waals surface area contributed by atoms with Gasteiger partial charge in [0.25, 0.3) is 5.91 Å². The zero-order chi connectivity index (χ0) is 20.9. The third-order valence-corrected chi connectivity index (χ3v) is 6.31. The van der Waals surface area contributed by atoms with Crippen LogP contribution >= 0.6 is 0 Å². The molecule has 154 valence electrons. The van der Waals surface area contributed by atoms with Gasteiger partial charge < -0.3 is 15.4 Å². The van der Waals surface area contributed by atoms with Gasteiger partial charge in [0.15, 0.2) is 0 Å². The van der Waals surface area contributed by atoms with Crippen molar-refractivity contribution in [2.75, 3.05) is 38.2 Å². The Morgan fingerprint density at radius 3 is 2.66 bits per heavy atom. The zero-order valence-corrected chi connectivity index (χ0v) is 16.7. The lowest BCUT2D eigenvalue weighted by molar-refractivity contribution is -0.115. The van der Waals surface area contributed by atoms with E-state index in [1.807, 2.05) is 0 Å². The molecule has 0 atom stereocenters. The molecule has 0 unspecified atom stereocenters. The largest absolute Gasteiger partial charge is 0.379 e. The van der Waals surface area contributed by atoms with Crippen molar-refractivity contribution < 1.29 is 22.7 Å². The maximum atomic E-state index is 12.8. The van der Waals surface area contributed by atoms with Gasteiger partial charge in [-0.3, -0.25) is 14.6 Å². The van der Waals surface area contributed by atoms with Crippen LogP contribution in [0, 0.1) is 6.92 Å². The predicted molar refractivity (Wildman–Crippen MR) is 106 cm³/mol.